The Labute approximate surface area is 113 Å². The summed E-state index contributed by atoms with van der Waals surface area (Å²) in [5.74, 6) is -0.667. The first kappa shape index (κ1) is 15.3. The Balaban J connectivity index is 2.72. The van der Waals surface area contributed by atoms with Gasteiger partial charge in [0.25, 0.3) is 0 Å². The van der Waals surface area contributed by atoms with Crippen molar-refractivity contribution < 1.29 is 19.7 Å². The first-order valence-electron chi connectivity index (χ1n) is 6.19. The van der Waals surface area contributed by atoms with E-state index >= 15 is 0 Å². The second-order valence-electron chi connectivity index (χ2n) is 5.41. The molecule has 5 nitrogen and oxygen atoms in total. The maximum absolute atomic E-state index is 11.9. The smallest absolute Gasteiger partial charge is 0.326 e. The van der Waals surface area contributed by atoms with E-state index in [-0.39, 0.29) is 23.8 Å². The quantitative estimate of drug-likeness (QED) is 0.556. The minimum Gasteiger partial charge on any atom is -0.504 e. The number of phenolic OH excluding ortho intramolecular Hbond substituents is 2. The number of nitrogens with two attached hydrogens (primary N) is 1. The van der Waals surface area contributed by atoms with Crippen LogP contribution in [-0.2, 0) is 16.0 Å². The van der Waals surface area contributed by atoms with Crippen LogP contribution in [0, 0.1) is 5.92 Å². The van der Waals surface area contributed by atoms with Crippen molar-refractivity contribution in [2.75, 3.05) is 6.61 Å². The van der Waals surface area contributed by atoms with Crippen LogP contribution in [0.15, 0.2) is 18.2 Å². The molecule has 0 fully saturated rings. The Morgan fingerprint density at radius 1 is 1.37 bits per heavy atom. The van der Waals surface area contributed by atoms with Crippen LogP contribution < -0.4 is 5.73 Å². The molecule has 1 aromatic carbocycles. The third kappa shape index (κ3) is 4.44. The molecule has 0 saturated heterocycles. The third-order valence-corrected chi connectivity index (χ3v) is 2.63. The molecule has 0 bridgehead atoms. The van der Waals surface area contributed by atoms with Crippen molar-refractivity contribution in [3.05, 3.63) is 23.8 Å². The molecule has 1 rings (SSSR count). The van der Waals surface area contributed by atoms with E-state index in [0.717, 1.165) is 0 Å². The van der Waals surface area contributed by atoms with Crippen LogP contribution in [0.1, 0.15) is 26.3 Å². The van der Waals surface area contributed by atoms with E-state index in [4.69, 9.17) is 10.5 Å². The average molecular weight is 267 g/mol. The topological polar surface area (TPSA) is 92.8 Å². The fourth-order valence-electron chi connectivity index (χ4n) is 1.58. The minimum atomic E-state index is -1.17. The third-order valence-electron chi connectivity index (χ3n) is 2.63. The lowest BCUT2D eigenvalue weighted by atomic mass is 9.94. The number of hydrogen-bond acceptors (Lipinski definition) is 5. The first-order chi connectivity index (χ1) is 8.72. The van der Waals surface area contributed by atoms with Gasteiger partial charge in [0.05, 0.1) is 6.61 Å². The summed E-state index contributed by atoms with van der Waals surface area (Å²) in [5.41, 5.74) is 5.43. The Morgan fingerprint density at radius 3 is 2.53 bits per heavy atom. The van der Waals surface area contributed by atoms with Gasteiger partial charge in [-0.1, -0.05) is 19.9 Å². The van der Waals surface area contributed by atoms with Gasteiger partial charge in [0, 0.05) is 6.42 Å². The number of carbonyl (C=O) groups excluding carboxylic acids is 1. The van der Waals surface area contributed by atoms with E-state index in [2.05, 4.69) is 0 Å². The number of hydrogen-bond donors (Lipinski definition) is 3. The second-order valence-corrected chi connectivity index (χ2v) is 5.41. The van der Waals surface area contributed by atoms with E-state index < -0.39 is 11.5 Å². The molecule has 0 heterocycles. The molecule has 1 aromatic rings. The highest BCUT2D eigenvalue weighted by Crippen LogP contribution is 2.26. The minimum absolute atomic E-state index is 0.204. The molecule has 0 spiro atoms. The molecule has 0 aliphatic rings. The van der Waals surface area contributed by atoms with Crippen molar-refractivity contribution in [2.45, 2.75) is 32.7 Å². The van der Waals surface area contributed by atoms with E-state index in [1.54, 1.807) is 13.0 Å². The van der Waals surface area contributed by atoms with Gasteiger partial charge in [0.2, 0.25) is 0 Å². The molecule has 0 aromatic heterocycles. The first-order valence-corrected chi connectivity index (χ1v) is 6.19. The fraction of sp³-hybridized carbons (Fsp3) is 0.500. The predicted octanol–water partition coefficient (Wildman–Crippen LogP) is 1.56. The molecule has 19 heavy (non-hydrogen) atoms. The van der Waals surface area contributed by atoms with Gasteiger partial charge < -0.3 is 20.7 Å². The SMILES string of the molecule is CC(C)COC(=O)[C@@](C)(N)Cc1ccc(O)c(O)c1. The number of benzene rings is 1. The summed E-state index contributed by atoms with van der Waals surface area (Å²) in [4.78, 5) is 11.9. The molecule has 0 amide bonds. The summed E-state index contributed by atoms with van der Waals surface area (Å²) in [6.45, 7) is 5.80. The Hall–Kier alpha value is -1.75. The van der Waals surface area contributed by atoms with Crippen molar-refractivity contribution >= 4 is 5.97 Å². The number of phenols is 2. The van der Waals surface area contributed by atoms with E-state index in [0.29, 0.717) is 12.2 Å². The van der Waals surface area contributed by atoms with Crippen molar-refractivity contribution in [1.29, 1.82) is 0 Å². The van der Waals surface area contributed by atoms with Gasteiger partial charge in [-0.05, 0) is 30.5 Å². The molecule has 5 heteroatoms. The molecule has 0 saturated carbocycles. The van der Waals surface area contributed by atoms with E-state index in [1.165, 1.54) is 12.1 Å². The van der Waals surface area contributed by atoms with Gasteiger partial charge >= 0.3 is 5.97 Å². The van der Waals surface area contributed by atoms with Crippen molar-refractivity contribution in [3.63, 3.8) is 0 Å². The van der Waals surface area contributed by atoms with Crippen LogP contribution in [0.4, 0.5) is 0 Å². The van der Waals surface area contributed by atoms with Gasteiger partial charge in [0.1, 0.15) is 5.54 Å². The standard InChI is InChI=1S/C14H21NO4/c1-9(2)8-19-13(18)14(3,15)7-10-4-5-11(16)12(17)6-10/h4-6,9,16-17H,7-8,15H2,1-3H3/t14-/m0/s1. The zero-order chi connectivity index (χ0) is 14.6. The largest absolute Gasteiger partial charge is 0.504 e. The molecule has 0 aliphatic heterocycles. The number of aromatic hydroxyl groups is 2. The molecule has 0 radical (unpaired) electrons. The fourth-order valence-corrected chi connectivity index (χ4v) is 1.58. The van der Waals surface area contributed by atoms with Crippen LogP contribution in [-0.4, -0.2) is 28.3 Å². The maximum atomic E-state index is 11.9. The lowest BCUT2D eigenvalue weighted by Crippen LogP contribution is -2.48. The van der Waals surface area contributed by atoms with Gasteiger partial charge in [-0.25, -0.2) is 0 Å². The van der Waals surface area contributed by atoms with Crippen molar-refractivity contribution in [2.24, 2.45) is 11.7 Å². The molecule has 0 unspecified atom stereocenters. The highest BCUT2D eigenvalue weighted by Gasteiger charge is 2.30. The van der Waals surface area contributed by atoms with Gasteiger partial charge in [0.15, 0.2) is 11.5 Å². The lowest BCUT2D eigenvalue weighted by Gasteiger charge is -2.23. The monoisotopic (exact) mass is 267 g/mol. The van der Waals surface area contributed by atoms with Gasteiger partial charge in [-0.3, -0.25) is 4.79 Å². The molecule has 4 N–H and O–H groups in total. The highest BCUT2D eigenvalue weighted by atomic mass is 16.5. The van der Waals surface area contributed by atoms with Crippen LogP contribution in [0.3, 0.4) is 0 Å². The summed E-state index contributed by atoms with van der Waals surface area (Å²) in [5, 5.41) is 18.6. The zero-order valence-corrected chi connectivity index (χ0v) is 11.5. The summed E-state index contributed by atoms with van der Waals surface area (Å²) < 4.78 is 5.12. The number of carbonyl (C=O) groups is 1. The molecule has 106 valence electrons. The Morgan fingerprint density at radius 2 is 2.00 bits per heavy atom. The normalized spacial score (nSPS) is 14.2. The maximum Gasteiger partial charge on any atom is 0.326 e. The van der Waals surface area contributed by atoms with E-state index in [9.17, 15) is 15.0 Å². The highest BCUT2D eigenvalue weighted by molar-refractivity contribution is 5.80. The average Bonchev–Trinajstić information content (AvgIpc) is 2.30. The number of esters is 1. The number of ether oxygens (including phenoxy) is 1. The van der Waals surface area contributed by atoms with Crippen molar-refractivity contribution in [3.8, 4) is 11.5 Å². The molecular formula is C14H21NO4. The number of rotatable bonds is 5. The Bertz CT molecular complexity index is 455. The van der Waals surface area contributed by atoms with Gasteiger partial charge in [-0.2, -0.15) is 0 Å². The zero-order valence-electron chi connectivity index (χ0n) is 11.5. The van der Waals surface area contributed by atoms with Crippen LogP contribution in [0.25, 0.3) is 0 Å². The molecule has 0 aliphatic carbocycles. The molecule has 1 atom stereocenters. The summed E-state index contributed by atoms with van der Waals surface area (Å²) in [7, 11) is 0. The van der Waals surface area contributed by atoms with E-state index in [1.807, 2.05) is 13.8 Å². The van der Waals surface area contributed by atoms with Crippen LogP contribution >= 0.6 is 0 Å². The predicted molar refractivity (Wildman–Crippen MR) is 71.9 cm³/mol. The molecular weight excluding hydrogens is 246 g/mol. The summed E-state index contributed by atoms with van der Waals surface area (Å²) in [6, 6.07) is 4.35. The van der Waals surface area contributed by atoms with Crippen LogP contribution in [0.2, 0.25) is 0 Å². The second kappa shape index (κ2) is 5.93. The summed E-state index contributed by atoms with van der Waals surface area (Å²) >= 11 is 0. The Kier molecular flexibility index (Phi) is 4.78. The van der Waals surface area contributed by atoms with Crippen LogP contribution in [0.5, 0.6) is 11.5 Å². The van der Waals surface area contributed by atoms with Crippen molar-refractivity contribution in [1.82, 2.24) is 0 Å². The van der Waals surface area contributed by atoms with Gasteiger partial charge in [-0.15, -0.1) is 0 Å². The lowest BCUT2D eigenvalue weighted by molar-refractivity contribution is -0.150. The summed E-state index contributed by atoms with van der Waals surface area (Å²) in [6.07, 6.45) is 0.220.